The highest BCUT2D eigenvalue weighted by Gasteiger charge is 2.53. The van der Waals surface area contributed by atoms with Gasteiger partial charge in [0.25, 0.3) is 0 Å². The summed E-state index contributed by atoms with van der Waals surface area (Å²) in [6, 6.07) is 0. The van der Waals surface area contributed by atoms with E-state index in [0.717, 1.165) is 12.8 Å². The van der Waals surface area contributed by atoms with Crippen molar-refractivity contribution in [2.45, 2.75) is 63.2 Å². The van der Waals surface area contributed by atoms with E-state index >= 15 is 0 Å². The zero-order valence-electron chi connectivity index (χ0n) is 10.3. The van der Waals surface area contributed by atoms with Crippen molar-refractivity contribution in [1.82, 2.24) is 0 Å². The molecule has 92 valence electrons. The SMILES string of the molecule is CC(C)(C)OC(=O)C12CCC(N)(CC1)CO2. The average molecular weight is 227 g/mol. The molecule has 0 aromatic rings. The number of esters is 1. The third kappa shape index (κ3) is 2.09. The molecule has 3 aliphatic rings. The van der Waals surface area contributed by atoms with E-state index in [1.807, 2.05) is 20.8 Å². The van der Waals surface area contributed by atoms with Crippen molar-refractivity contribution in [2.24, 2.45) is 5.73 Å². The summed E-state index contributed by atoms with van der Waals surface area (Å²) in [6.45, 7) is 6.10. The Labute approximate surface area is 96.5 Å². The molecule has 0 spiro atoms. The number of hydrogen-bond donors (Lipinski definition) is 1. The minimum absolute atomic E-state index is 0.205. The Hall–Kier alpha value is -0.610. The lowest BCUT2D eigenvalue weighted by Gasteiger charge is -2.50. The van der Waals surface area contributed by atoms with Crippen molar-refractivity contribution in [3.63, 3.8) is 0 Å². The van der Waals surface area contributed by atoms with Gasteiger partial charge in [-0.1, -0.05) is 0 Å². The molecule has 2 N–H and O–H groups in total. The molecule has 16 heavy (non-hydrogen) atoms. The van der Waals surface area contributed by atoms with Crippen LogP contribution in [0.1, 0.15) is 46.5 Å². The van der Waals surface area contributed by atoms with Crippen LogP contribution in [0, 0.1) is 0 Å². The molecule has 0 aromatic heterocycles. The first-order valence-electron chi connectivity index (χ1n) is 5.91. The second-order valence-electron chi connectivity index (χ2n) is 6.15. The first-order valence-corrected chi connectivity index (χ1v) is 5.91. The first kappa shape index (κ1) is 11.9. The van der Waals surface area contributed by atoms with Gasteiger partial charge in [-0.2, -0.15) is 0 Å². The minimum atomic E-state index is -0.714. The number of ether oxygens (including phenoxy) is 2. The van der Waals surface area contributed by atoms with Crippen LogP contribution in [-0.4, -0.2) is 29.3 Å². The summed E-state index contributed by atoms with van der Waals surface area (Å²) in [4.78, 5) is 12.1. The van der Waals surface area contributed by atoms with Crippen molar-refractivity contribution < 1.29 is 14.3 Å². The summed E-state index contributed by atoms with van der Waals surface area (Å²) in [5, 5.41) is 0. The summed E-state index contributed by atoms with van der Waals surface area (Å²) in [5.41, 5.74) is 4.73. The topological polar surface area (TPSA) is 61.5 Å². The van der Waals surface area contributed by atoms with Gasteiger partial charge in [0, 0.05) is 5.54 Å². The molecule has 0 aromatic carbocycles. The number of nitrogens with two attached hydrogens (primary N) is 1. The average Bonchev–Trinajstić information content (AvgIpc) is 2.16. The van der Waals surface area contributed by atoms with Crippen molar-refractivity contribution in [3.8, 4) is 0 Å². The summed E-state index contributed by atoms with van der Waals surface area (Å²) in [6.07, 6.45) is 3.09. The number of fused-ring (bicyclic) bond motifs is 3. The van der Waals surface area contributed by atoms with Gasteiger partial charge < -0.3 is 15.2 Å². The normalized spacial score (nSPS) is 38.5. The van der Waals surface area contributed by atoms with Crippen LogP contribution in [0.25, 0.3) is 0 Å². The van der Waals surface area contributed by atoms with Crippen LogP contribution in [-0.2, 0) is 14.3 Å². The van der Waals surface area contributed by atoms with E-state index in [-0.39, 0.29) is 11.5 Å². The molecule has 3 rings (SSSR count). The third-order valence-corrected chi connectivity index (χ3v) is 3.46. The highest BCUT2D eigenvalue weighted by molar-refractivity contribution is 5.80. The molecular formula is C12H21NO3. The van der Waals surface area contributed by atoms with Gasteiger partial charge in [-0.3, -0.25) is 0 Å². The van der Waals surface area contributed by atoms with Crippen LogP contribution in [0.4, 0.5) is 0 Å². The molecule has 2 bridgehead atoms. The lowest BCUT2D eigenvalue weighted by atomic mass is 9.71. The Morgan fingerprint density at radius 1 is 1.25 bits per heavy atom. The smallest absolute Gasteiger partial charge is 0.338 e. The lowest BCUT2D eigenvalue weighted by molar-refractivity contribution is -0.208. The molecule has 3 fully saturated rings. The van der Waals surface area contributed by atoms with E-state index < -0.39 is 11.2 Å². The zero-order chi connectivity index (χ0) is 12.0. The molecule has 2 heterocycles. The fraction of sp³-hybridized carbons (Fsp3) is 0.917. The quantitative estimate of drug-likeness (QED) is 0.687. The van der Waals surface area contributed by atoms with Gasteiger partial charge in [0.1, 0.15) is 5.60 Å². The molecule has 2 aliphatic heterocycles. The van der Waals surface area contributed by atoms with Gasteiger partial charge in [-0.15, -0.1) is 0 Å². The van der Waals surface area contributed by atoms with Gasteiger partial charge in [0.15, 0.2) is 5.60 Å². The molecule has 2 saturated heterocycles. The Morgan fingerprint density at radius 2 is 1.81 bits per heavy atom. The Balaban J connectivity index is 2.07. The summed E-state index contributed by atoms with van der Waals surface area (Å²) < 4.78 is 11.1. The summed E-state index contributed by atoms with van der Waals surface area (Å²) >= 11 is 0. The molecule has 1 aliphatic carbocycles. The van der Waals surface area contributed by atoms with E-state index in [1.165, 1.54) is 0 Å². The van der Waals surface area contributed by atoms with E-state index in [1.54, 1.807) is 0 Å². The maximum Gasteiger partial charge on any atom is 0.338 e. The molecule has 4 heteroatoms. The van der Waals surface area contributed by atoms with Crippen LogP contribution >= 0.6 is 0 Å². The summed E-state index contributed by atoms with van der Waals surface area (Å²) in [5.74, 6) is -0.221. The zero-order valence-corrected chi connectivity index (χ0v) is 10.3. The largest absolute Gasteiger partial charge is 0.458 e. The van der Waals surface area contributed by atoms with Crippen molar-refractivity contribution >= 4 is 5.97 Å². The second kappa shape index (κ2) is 3.44. The molecule has 0 unspecified atom stereocenters. The second-order valence-corrected chi connectivity index (χ2v) is 6.15. The highest BCUT2D eigenvalue weighted by Crippen LogP contribution is 2.43. The van der Waals surface area contributed by atoms with Crippen molar-refractivity contribution in [3.05, 3.63) is 0 Å². The van der Waals surface area contributed by atoms with E-state index in [4.69, 9.17) is 15.2 Å². The first-order chi connectivity index (χ1) is 7.25. The van der Waals surface area contributed by atoms with Crippen LogP contribution < -0.4 is 5.73 Å². The molecule has 0 amide bonds. The highest BCUT2D eigenvalue weighted by atomic mass is 16.6. The van der Waals surface area contributed by atoms with Crippen LogP contribution in [0.15, 0.2) is 0 Å². The molecule has 0 atom stereocenters. The van der Waals surface area contributed by atoms with Crippen molar-refractivity contribution in [2.75, 3.05) is 6.61 Å². The van der Waals surface area contributed by atoms with Gasteiger partial charge in [-0.25, -0.2) is 4.79 Å². The fourth-order valence-corrected chi connectivity index (χ4v) is 2.36. The predicted molar refractivity (Wildman–Crippen MR) is 59.9 cm³/mol. The minimum Gasteiger partial charge on any atom is -0.458 e. The van der Waals surface area contributed by atoms with E-state index in [9.17, 15) is 4.79 Å². The monoisotopic (exact) mass is 227 g/mol. The van der Waals surface area contributed by atoms with Crippen molar-refractivity contribution in [1.29, 1.82) is 0 Å². The standard InChI is InChI=1S/C12H21NO3/c1-10(2,3)16-9(14)12-6-4-11(13,5-7-12)8-15-12/h4-8,13H2,1-3H3. The third-order valence-electron chi connectivity index (χ3n) is 3.46. The predicted octanol–water partition coefficient (Wildman–Crippen LogP) is 1.37. The van der Waals surface area contributed by atoms with Gasteiger partial charge in [0.2, 0.25) is 0 Å². The Kier molecular flexibility index (Phi) is 2.55. The molecular weight excluding hydrogens is 206 g/mol. The van der Waals surface area contributed by atoms with Gasteiger partial charge in [-0.05, 0) is 46.5 Å². The maximum absolute atomic E-state index is 12.1. The molecule has 1 saturated carbocycles. The van der Waals surface area contributed by atoms with Crippen LogP contribution in [0.3, 0.4) is 0 Å². The fourth-order valence-electron chi connectivity index (χ4n) is 2.36. The van der Waals surface area contributed by atoms with E-state index in [0.29, 0.717) is 19.4 Å². The van der Waals surface area contributed by atoms with E-state index in [2.05, 4.69) is 0 Å². The summed E-state index contributed by atoms with van der Waals surface area (Å²) in [7, 11) is 0. The van der Waals surface area contributed by atoms with Gasteiger partial charge >= 0.3 is 5.97 Å². The maximum atomic E-state index is 12.1. The lowest BCUT2D eigenvalue weighted by Crippen LogP contribution is -2.63. The molecule has 4 nitrogen and oxygen atoms in total. The van der Waals surface area contributed by atoms with Crippen LogP contribution in [0.5, 0.6) is 0 Å². The van der Waals surface area contributed by atoms with Crippen LogP contribution in [0.2, 0.25) is 0 Å². The van der Waals surface area contributed by atoms with Gasteiger partial charge in [0.05, 0.1) is 6.61 Å². The Bertz CT molecular complexity index is 281. The Morgan fingerprint density at radius 3 is 2.19 bits per heavy atom. The molecule has 0 radical (unpaired) electrons. The number of carbonyl (C=O) groups is 1. The number of carbonyl (C=O) groups excluding carboxylic acids is 1. The number of hydrogen-bond acceptors (Lipinski definition) is 4. The number of rotatable bonds is 1.